The van der Waals surface area contributed by atoms with Crippen LogP contribution in [0.2, 0.25) is 0 Å². The van der Waals surface area contributed by atoms with Crippen LogP contribution in [0.1, 0.15) is 17.3 Å². The summed E-state index contributed by atoms with van der Waals surface area (Å²) in [5.41, 5.74) is 6.94. The lowest BCUT2D eigenvalue weighted by Crippen LogP contribution is -2.18. The quantitative estimate of drug-likeness (QED) is 0.203. The van der Waals surface area contributed by atoms with Crippen molar-refractivity contribution in [1.82, 2.24) is 4.57 Å². The van der Waals surface area contributed by atoms with Gasteiger partial charge in [-0.2, -0.15) is 0 Å². The smallest absolute Gasteiger partial charge is 0.338 e. The molecule has 0 saturated carbocycles. The van der Waals surface area contributed by atoms with Gasteiger partial charge in [-0.1, -0.05) is 103 Å². The molecule has 0 aromatic heterocycles. The van der Waals surface area contributed by atoms with Gasteiger partial charge in [0.15, 0.2) is 0 Å². The van der Waals surface area contributed by atoms with Gasteiger partial charge in [-0.3, -0.25) is 9.36 Å². The number of rotatable bonds is 5. The van der Waals surface area contributed by atoms with Crippen LogP contribution in [0.25, 0.3) is 60.7 Å². The SMILES string of the molecule is CCOC(=O)c1ccc(-n2c(-c3ccccc3)c3c4ccccc4c(-c4ccccc4)c-3c3ccccc3c2=O)cc1. The van der Waals surface area contributed by atoms with Crippen molar-refractivity contribution in [3.63, 3.8) is 0 Å². The minimum atomic E-state index is -0.388. The molecule has 5 aromatic rings. The maximum absolute atomic E-state index is 14.7. The highest BCUT2D eigenvalue weighted by Gasteiger charge is 2.27. The molecule has 0 atom stereocenters. The van der Waals surface area contributed by atoms with E-state index in [9.17, 15) is 9.59 Å². The fourth-order valence-corrected chi connectivity index (χ4v) is 6.03. The molecule has 7 rings (SSSR count). The van der Waals surface area contributed by atoms with Crippen molar-refractivity contribution in [3.8, 4) is 39.2 Å². The van der Waals surface area contributed by atoms with Crippen LogP contribution in [0, 0.1) is 0 Å². The van der Waals surface area contributed by atoms with Gasteiger partial charge in [0, 0.05) is 22.2 Å². The van der Waals surface area contributed by atoms with E-state index >= 15 is 0 Å². The van der Waals surface area contributed by atoms with Crippen molar-refractivity contribution in [3.05, 3.63) is 149 Å². The van der Waals surface area contributed by atoms with Gasteiger partial charge in [0.1, 0.15) is 0 Å². The maximum atomic E-state index is 14.7. The molecule has 1 aliphatic carbocycles. The predicted molar refractivity (Wildman–Crippen MR) is 171 cm³/mol. The molecular formula is C38H27NO3. The highest BCUT2D eigenvalue weighted by Crippen LogP contribution is 2.51. The molecule has 4 heteroatoms. The topological polar surface area (TPSA) is 48.3 Å². The Labute approximate surface area is 243 Å². The zero-order valence-electron chi connectivity index (χ0n) is 23.1. The van der Waals surface area contributed by atoms with E-state index in [4.69, 9.17) is 4.74 Å². The molecule has 0 bridgehead atoms. The number of hydrogen-bond acceptors (Lipinski definition) is 3. The molecule has 0 saturated heterocycles. The molecule has 5 aromatic carbocycles. The van der Waals surface area contributed by atoms with Crippen LogP contribution in [0.4, 0.5) is 0 Å². The molecule has 0 radical (unpaired) electrons. The average Bonchev–Trinajstić information content (AvgIpc) is 3.33. The van der Waals surface area contributed by atoms with Crippen LogP contribution in [-0.4, -0.2) is 17.1 Å². The van der Waals surface area contributed by atoms with E-state index in [0.717, 1.165) is 49.7 Å². The Morgan fingerprint density at radius 3 is 1.67 bits per heavy atom. The number of aromatic nitrogens is 1. The largest absolute Gasteiger partial charge is 0.462 e. The minimum absolute atomic E-state index is 0.132. The van der Waals surface area contributed by atoms with E-state index in [1.54, 1.807) is 23.6 Å². The number of carbonyl (C=O) groups excluding carboxylic acids is 1. The first-order valence-corrected chi connectivity index (χ1v) is 14.1. The number of ether oxygens (including phenoxy) is 1. The van der Waals surface area contributed by atoms with Gasteiger partial charge in [0.05, 0.1) is 17.9 Å². The third-order valence-corrected chi connectivity index (χ3v) is 7.80. The Hall–Kier alpha value is -5.48. The van der Waals surface area contributed by atoms with E-state index < -0.39 is 0 Å². The second-order valence-corrected chi connectivity index (χ2v) is 10.2. The van der Waals surface area contributed by atoms with E-state index in [1.165, 1.54) is 0 Å². The normalized spacial score (nSPS) is 11.3. The van der Waals surface area contributed by atoms with Crippen molar-refractivity contribution in [2.75, 3.05) is 6.61 Å². The first-order chi connectivity index (χ1) is 20.7. The van der Waals surface area contributed by atoms with Gasteiger partial charge in [-0.25, -0.2) is 4.79 Å². The summed E-state index contributed by atoms with van der Waals surface area (Å²) in [6.07, 6.45) is 0. The zero-order chi connectivity index (χ0) is 28.6. The van der Waals surface area contributed by atoms with E-state index in [0.29, 0.717) is 23.2 Å². The van der Waals surface area contributed by atoms with Crippen LogP contribution in [0.3, 0.4) is 0 Å². The first-order valence-electron chi connectivity index (χ1n) is 14.1. The highest BCUT2D eigenvalue weighted by atomic mass is 16.5. The minimum Gasteiger partial charge on any atom is -0.462 e. The summed E-state index contributed by atoms with van der Waals surface area (Å²) >= 11 is 0. The molecule has 0 unspecified atom stereocenters. The van der Waals surface area contributed by atoms with Gasteiger partial charge in [-0.15, -0.1) is 0 Å². The van der Waals surface area contributed by atoms with Gasteiger partial charge in [0.2, 0.25) is 0 Å². The molecular weight excluding hydrogens is 518 g/mol. The van der Waals surface area contributed by atoms with Gasteiger partial charge in [0.25, 0.3) is 5.56 Å². The molecule has 0 spiro atoms. The fourth-order valence-electron chi connectivity index (χ4n) is 6.03. The molecule has 4 nitrogen and oxygen atoms in total. The summed E-state index contributed by atoms with van der Waals surface area (Å²) in [5, 5.41) is 3.71. The average molecular weight is 546 g/mol. The van der Waals surface area contributed by atoms with Gasteiger partial charge in [-0.05, 0) is 70.1 Å². The summed E-state index contributed by atoms with van der Waals surface area (Å²) in [7, 11) is 0. The Morgan fingerprint density at radius 2 is 1.07 bits per heavy atom. The standard InChI is InChI=1S/C38H27NO3/c1-2-42-38(41)27-21-23-28(24-22-27)39-36(26-15-7-4-8-16-26)35-30-18-10-9-17-29(30)33(25-13-5-3-6-14-25)34(35)31-19-11-12-20-32(31)37(39)40/h3-24H,2H2,1H3. The van der Waals surface area contributed by atoms with Gasteiger partial charge < -0.3 is 4.74 Å². The Kier molecular flexibility index (Phi) is 6.37. The zero-order valence-corrected chi connectivity index (χ0v) is 23.1. The van der Waals surface area contributed by atoms with Crippen LogP contribution in [0.15, 0.2) is 138 Å². The Morgan fingerprint density at radius 1 is 0.571 bits per heavy atom. The van der Waals surface area contributed by atoms with Crippen molar-refractivity contribution in [1.29, 1.82) is 0 Å². The summed E-state index contributed by atoms with van der Waals surface area (Å²) in [6.45, 7) is 2.08. The summed E-state index contributed by atoms with van der Waals surface area (Å²) in [6, 6.07) is 43.8. The van der Waals surface area contributed by atoms with E-state index in [-0.39, 0.29) is 11.5 Å². The monoisotopic (exact) mass is 545 g/mol. The Bertz CT molecular complexity index is 2110. The maximum Gasteiger partial charge on any atom is 0.338 e. The molecule has 0 N–H and O–H groups in total. The van der Waals surface area contributed by atoms with Crippen molar-refractivity contribution in [2.24, 2.45) is 0 Å². The summed E-state index contributed by atoms with van der Waals surface area (Å²) in [5.74, 6) is -0.388. The second kappa shape index (κ2) is 10.5. The number of carbonyl (C=O) groups is 1. The second-order valence-electron chi connectivity index (χ2n) is 10.2. The van der Waals surface area contributed by atoms with Crippen LogP contribution in [-0.2, 0) is 4.74 Å². The third-order valence-electron chi connectivity index (χ3n) is 7.80. The number of benzene rings is 5. The van der Waals surface area contributed by atoms with Crippen molar-refractivity contribution in [2.45, 2.75) is 6.92 Å². The van der Waals surface area contributed by atoms with Gasteiger partial charge >= 0.3 is 5.97 Å². The summed E-state index contributed by atoms with van der Waals surface area (Å²) in [4.78, 5) is 27.1. The number of nitrogens with zero attached hydrogens (tertiary/aromatic N) is 1. The highest BCUT2D eigenvalue weighted by molar-refractivity contribution is 6.23. The number of fused-ring (bicyclic) bond motifs is 5. The number of hydrogen-bond donors (Lipinski definition) is 0. The molecule has 1 aliphatic heterocycles. The van der Waals surface area contributed by atoms with Crippen LogP contribution < -0.4 is 5.56 Å². The fraction of sp³-hybridized carbons (Fsp3) is 0.0526. The Balaban J connectivity index is 1.70. The number of esters is 1. The van der Waals surface area contributed by atoms with E-state index in [1.807, 2.05) is 72.8 Å². The lowest BCUT2D eigenvalue weighted by atomic mass is 9.94. The lowest BCUT2D eigenvalue weighted by Gasteiger charge is -2.15. The predicted octanol–water partition coefficient (Wildman–Crippen LogP) is 8.76. The van der Waals surface area contributed by atoms with Crippen molar-refractivity contribution >= 4 is 27.5 Å². The molecule has 1 heterocycles. The van der Waals surface area contributed by atoms with Crippen LogP contribution >= 0.6 is 0 Å². The molecule has 202 valence electrons. The molecule has 0 amide bonds. The van der Waals surface area contributed by atoms with Crippen molar-refractivity contribution < 1.29 is 9.53 Å². The lowest BCUT2D eigenvalue weighted by molar-refractivity contribution is 0.0526. The summed E-state index contributed by atoms with van der Waals surface area (Å²) < 4.78 is 7.01. The van der Waals surface area contributed by atoms with E-state index in [2.05, 4.69) is 48.5 Å². The molecule has 42 heavy (non-hydrogen) atoms. The molecule has 0 fully saturated rings. The first kappa shape index (κ1) is 25.5. The van der Waals surface area contributed by atoms with Crippen LogP contribution in [0.5, 0.6) is 0 Å². The molecule has 2 aliphatic rings. The third kappa shape index (κ3) is 4.08.